The van der Waals surface area contributed by atoms with Crippen molar-refractivity contribution in [3.05, 3.63) is 51.1 Å². The zero-order chi connectivity index (χ0) is 15.0. The lowest BCUT2D eigenvalue weighted by Crippen LogP contribution is -2.23. The molecule has 1 aromatic carbocycles. The molecular formula is C14H13Cl2N3O2. The van der Waals surface area contributed by atoms with Crippen LogP contribution in [-0.4, -0.2) is 21.0 Å². The van der Waals surface area contributed by atoms with Gasteiger partial charge in [-0.05, 0) is 18.6 Å². The van der Waals surface area contributed by atoms with Gasteiger partial charge < -0.3 is 4.74 Å². The molecule has 0 radical (unpaired) electrons. The molecule has 0 fully saturated rings. The molecule has 110 valence electrons. The van der Waals surface area contributed by atoms with Crippen molar-refractivity contribution >= 4 is 23.2 Å². The molecule has 0 unspecified atom stereocenters. The van der Waals surface area contributed by atoms with Crippen molar-refractivity contribution in [3.8, 4) is 11.4 Å². The summed E-state index contributed by atoms with van der Waals surface area (Å²) in [7, 11) is 0. The summed E-state index contributed by atoms with van der Waals surface area (Å²) in [6.45, 7) is 4.58. The van der Waals surface area contributed by atoms with E-state index in [-0.39, 0.29) is 10.7 Å². The molecule has 5 nitrogen and oxygen atoms in total. The lowest BCUT2D eigenvalue weighted by molar-refractivity contribution is 0.360. The van der Waals surface area contributed by atoms with E-state index in [4.69, 9.17) is 27.9 Å². The highest BCUT2D eigenvalue weighted by Crippen LogP contribution is 2.35. The van der Waals surface area contributed by atoms with Crippen molar-refractivity contribution in [3.63, 3.8) is 0 Å². The monoisotopic (exact) mass is 325 g/mol. The van der Waals surface area contributed by atoms with Gasteiger partial charge in [-0.1, -0.05) is 35.9 Å². The third kappa shape index (κ3) is 2.36. The largest absolute Gasteiger partial charge is 0.487 e. The molecule has 1 aliphatic rings. The molecular weight excluding hydrogens is 313 g/mol. The van der Waals surface area contributed by atoms with Gasteiger partial charge in [-0.3, -0.25) is 4.57 Å². The fourth-order valence-electron chi connectivity index (χ4n) is 2.37. The van der Waals surface area contributed by atoms with Crippen molar-refractivity contribution in [2.24, 2.45) is 0 Å². The van der Waals surface area contributed by atoms with E-state index in [2.05, 4.69) is 11.7 Å². The second-order valence-electron chi connectivity index (χ2n) is 4.67. The van der Waals surface area contributed by atoms with Crippen molar-refractivity contribution in [2.75, 3.05) is 6.61 Å². The Hall–Kier alpha value is -1.72. The third-order valence-electron chi connectivity index (χ3n) is 3.32. The summed E-state index contributed by atoms with van der Waals surface area (Å²) in [5, 5.41) is 4.94. The number of benzene rings is 1. The normalized spacial score (nSPS) is 13.2. The Balaban J connectivity index is 2.19. The number of fused-ring (bicyclic) bond motifs is 1. The van der Waals surface area contributed by atoms with Crippen molar-refractivity contribution in [2.45, 2.75) is 19.4 Å². The van der Waals surface area contributed by atoms with E-state index < -0.39 is 0 Å². The van der Waals surface area contributed by atoms with Crippen molar-refractivity contribution in [1.82, 2.24) is 14.3 Å². The highest BCUT2D eigenvalue weighted by Gasteiger charge is 2.23. The number of ether oxygens (including phenoxy) is 1. The zero-order valence-corrected chi connectivity index (χ0v) is 12.7. The van der Waals surface area contributed by atoms with Gasteiger partial charge >= 0.3 is 5.69 Å². The van der Waals surface area contributed by atoms with Gasteiger partial charge in [0.25, 0.3) is 0 Å². The molecule has 0 saturated carbocycles. The van der Waals surface area contributed by atoms with Crippen molar-refractivity contribution in [1.29, 1.82) is 0 Å². The Bertz CT molecular complexity index is 764. The molecule has 0 spiro atoms. The van der Waals surface area contributed by atoms with Gasteiger partial charge in [0.1, 0.15) is 23.9 Å². The van der Waals surface area contributed by atoms with Gasteiger partial charge in [-0.15, -0.1) is 5.10 Å². The summed E-state index contributed by atoms with van der Waals surface area (Å²) < 4.78 is 8.47. The molecule has 1 aliphatic heterocycles. The average Bonchev–Trinajstić information content (AvgIpc) is 3.04. The molecule has 0 saturated heterocycles. The Morgan fingerprint density at radius 3 is 2.95 bits per heavy atom. The lowest BCUT2D eigenvalue weighted by Gasteiger charge is -2.12. The minimum absolute atomic E-state index is 0.227. The van der Waals surface area contributed by atoms with Crippen LogP contribution in [0.3, 0.4) is 0 Å². The van der Waals surface area contributed by atoms with Crippen LogP contribution in [0.25, 0.3) is 5.69 Å². The molecule has 2 aromatic rings. The van der Waals surface area contributed by atoms with Crippen LogP contribution in [0.15, 0.2) is 29.6 Å². The number of hydrogen-bond donors (Lipinski definition) is 0. The Kier molecular flexibility index (Phi) is 3.78. The van der Waals surface area contributed by atoms with Crippen LogP contribution in [0.4, 0.5) is 0 Å². The number of aromatic nitrogens is 3. The second-order valence-corrected chi connectivity index (χ2v) is 5.46. The number of aryl methyl sites for hydroxylation is 1. The highest BCUT2D eigenvalue weighted by atomic mass is 35.5. The Labute approximate surface area is 131 Å². The van der Waals surface area contributed by atoms with Crippen LogP contribution in [0.2, 0.25) is 10.0 Å². The van der Waals surface area contributed by atoms with Crippen LogP contribution in [0, 0.1) is 0 Å². The number of nitrogens with zero attached hydrogens (tertiary/aromatic N) is 3. The predicted octanol–water partition coefficient (Wildman–Crippen LogP) is 2.85. The Morgan fingerprint density at radius 1 is 1.43 bits per heavy atom. The van der Waals surface area contributed by atoms with E-state index in [1.54, 1.807) is 22.8 Å². The summed E-state index contributed by atoms with van der Waals surface area (Å²) in [5.74, 6) is 1.20. The molecule has 0 N–H and O–H groups in total. The molecule has 0 bridgehead atoms. The van der Waals surface area contributed by atoms with E-state index in [0.717, 1.165) is 18.7 Å². The van der Waals surface area contributed by atoms with Gasteiger partial charge in [-0.25, -0.2) is 4.79 Å². The van der Waals surface area contributed by atoms with E-state index in [0.29, 0.717) is 29.6 Å². The molecule has 0 aliphatic carbocycles. The first-order chi connectivity index (χ1) is 10.1. The van der Waals surface area contributed by atoms with E-state index in [1.165, 1.54) is 4.68 Å². The molecule has 21 heavy (non-hydrogen) atoms. The van der Waals surface area contributed by atoms with Crippen molar-refractivity contribution < 1.29 is 4.74 Å². The van der Waals surface area contributed by atoms with Gasteiger partial charge in [0, 0.05) is 13.0 Å². The van der Waals surface area contributed by atoms with Gasteiger partial charge in [0.05, 0.1) is 10.0 Å². The fraction of sp³-hybridized carbons (Fsp3) is 0.286. The lowest BCUT2D eigenvalue weighted by atomic mass is 10.3. The smallest absolute Gasteiger partial charge is 0.350 e. The third-order valence-corrected chi connectivity index (χ3v) is 4.12. The van der Waals surface area contributed by atoms with Gasteiger partial charge in [-0.2, -0.15) is 4.68 Å². The first-order valence-electron chi connectivity index (χ1n) is 6.54. The van der Waals surface area contributed by atoms with Crippen LogP contribution in [0.5, 0.6) is 5.75 Å². The minimum Gasteiger partial charge on any atom is -0.487 e. The first-order valence-corrected chi connectivity index (χ1v) is 7.30. The molecule has 0 amide bonds. The summed E-state index contributed by atoms with van der Waals surface area (Å²) in [6, 6.07) is 3.30. The summed E-state index contributed by atoms with van der Waals surface area (Å²) >= 11 is 12.3. The average molecular weight is 326 g/mol. The first kappa shape index (κ1) is 14.2. The van der Waals surface area contributed by atoms with Crippen LogP contribution < -0.4 is 10.4 Å². The zero-order valence-electron chi connectivity index (χ0n) is 11.2. The Morgan fingerprint density at radius 2 is 2.24 bits per heavy atom. The molecule has 2 heterocycles. The quantitative estimate of drug-likeness (QED) is 0.812. The van der Waals surface area contributed by atoms with E-state index in [1.807, 2.05) is 0 Å². The van der Waals surface area contributed by atoms with E-state index in [9.17, 15) is 4.79 Å². The number of rotatable bonds is 4. The van der Waals surface area contributed by atoms with Gasteiger partial charge in [0.2, 0.25) is 0 Å². The minimum atomic E-state index is -0.227. The van der Waals surface area contributed by atoms with Crippen LogP contribution >= 0.6 is 23.2 Å². The summed E-state index contributed by atoms with van der Waals surface area (Å²) in [6.07, 6.45) is 3.33. The topological polar surface area (TPSA) is 49.0 Å². The fourth-order valence-corrected chi connectivity index (χ4v) is 2.76. The standard InChI is InChI=1S/C14H13Cl2N3O2/c1-2-8-21-10-6-5-9(15)12(16)13(10)19-14(20)18-7-3-4-11(18)17-19/h2,5-6H,1,3-4,7-8H2. The molecule has 1 aromatic heterocycles. The maximum absolute atomic E-state index is 12.4. The second kappa shape index (κ2) is 5.58. The van der Waals surface area contributed by atoms with Crippen LogP contribution in [0.1, 0.15) is 12.2 Å². The number of halogens is 2. The SMILES string of the molecule is C=CCOc1ccc(Cl)c(Cl)c1-n1nc2n(c1=O)CCC2. The maximum Gasteiger partial charge on any atom is 0.350 e. The molecule has 7 heteroatoms. The van der Waals surface area contributed by atoms with Crippen LogP contribution in [-0.2, 0) is 13.0 Å². The number of hydrogen-bond acceptors (Lipinski definition) is 3. The molecule has 3 rings (SSSR count). The highest BCUT2D eigenvalue weighted by molar-refractivity contribution is 6.43. The summed E-state index contributed by atoms with van der Waals surface area (Å²) in [5.41, 5.74) is 0.146. The van der Waals surface area contributed by atoms with E-state index >= 15 is 0 Å². The molecule has 0 atom stereocenters. The summed E-state index contributed by atoms with van der Waals surface area (Å²) in [4.78, 5) is 12.4. The maximum atomic E-state index is 12.4. The predicted molar refractivity (Wildman–Crippen MR) is 81.9 cm³/mol. The van der Waals surface area contributed by atoms with Gasteiger partial charge in [0.15, 0.2) is 0 Å².